The van der Waals surface area contributed by atoms with Crippen LogP contribution in [0.25, 0.3) is 0 Å². The van der Waals surface area contributed by atoms with Crippen LogP contribution in [0.5, 0.6) is 0 Å². The van der Waals surface area contributed by atoms with Crippen LogP contribution in [0.3, 0.4) is 0 Å². The highest BCUT2D eigenvalue weighted by Crippen LogP contribution is 2.20. The minimum absolute atomic E-state index is 0.0382. The van der Waals surface area contributed by atoms with Crippen molar-refractivity contribution in [1.29, 1.82) is 0 Å². The second kappa shape index (κ2) is 11.8. The fourth-order valence-corrected chi connectivity index (χ4v) is 4.09. The van der Waals surface area contributed by atoms with E-state index in [1.54, 1.807) is 11.8 Å². The van der Waals surface area contributed by atoms with Crippen molar-refractivity contribution in [2.45, 2.75) is 50.7 Å². The largest absolute Gasteiger partial charge is 0.481 e. The molecule has 1 aliphatic rings. The Morgan fingerprint density at radius 1 is 1.30 bits per heavy atom. The van der Waals surface area contributed by atoms with Crippen LogP contribution in [0.1, 0.15) is 37.7 Å². The number of amides is 1. The molecule has 1 saturated heterocycles. The number of carboxylic acid groups (broad SMARTS) is 1. The van der Waals surface area contributed by atoms with E-state index in [2.05, 4.69) is 0 Å². The first-order valence-electron chi connectivity index (χ1n) is 9.55. The number of aliphatic hydroxyl groups excluding tert-OH is 1. The van der Waals surface area contributed by atoms with Gasteiger partial charge in [0.15, 0.2) is 0 Å². The predicted molar refractivity (Wildman–Crippen MR) is 109 cm³/mol. The highest BCUT2D eigenvalue weighted by Gasteiger charge is 2.25. The van der Waals surface area contributed by atoms with Gasteiger partial charge in [0.25, 0.3) is 0 Å². The van der Waals surface area contributed by atoms with Gasteiger partial charge in [-0.1, -0.05) is 42.5 Å². The first-order chi connectivity index (χ1) is 13.1. The molecule has 6 heteroatoms. The summed E-state index contributed by atoms with van der Waals surface area (Å²) in [5, 5.41) is 18.9. The number of thioether (sulfide) groups is 1. The van der Waals surface area contributed by atoms with Crippen LogP contribution in [0.4, 0.5) is 0 Å². The van der Waals surface area contributed by atoms with Crippen molar-refractivity contribution in [2.75, 3.05) is 18.1 Å². The van der Waals surface area contributed by atoms with Crippen molar-refractivity contribution in [1.82, 2.24) is 4.90 Å². The van der Waals surface area contributed by atoms with Gasteiger partial charge in [-0.3, -0.25) is 9.59 Å². The number of carbonyl (C=O) groups is 2. The van der Waals surface area contributed by atoms with E-state index >= 15 is 0 Å². The van der Waals surface area contributed by atoms with Gasteiger partial charge in [-0.25, -0.2) is 0 Å². The van der Waals surface area contributed by atoms with E-state index in [0.29, 0.717) is 25.8 Å². The van der Waals surface area contributed by atoms with Gasteiger partial charge in [0.1, 0.15) is 0 Å². The summed E-state index contributed by atoms with van der Waals surface area (Å²) in [4.78, 5) is 24.7. The van der Waals surface area contributed by atoms with Crippen molar-refractivity contribution in [3.63, 3.8) is 0 Å². The molecular formula is C21H29NO4S. The summed E-state index contributed by atoms with van der Waals surface area (Å²) < 4.78 is 0. The van der Waals surface area contributed by atoms with Crippen LogP contribution in [-0.2, 0) is 16.0 Å². The summed E-state index contributed by atoms with van der Waals surface area (Å²) in [5.74, 6) is 1.01. The van der Waals surface area contributed by atoms with Gasteiger partial charge >= 0.3 is 5.97 Å². The zero-order valence-electron chi connectivity index (χ0n) is 15.6. The third-order valence-electron chi connectivity index (χ3n) is 4.61. The topological polar surface area (TPSA) is 77.8 Å². The third-order valence-corrected chi connectivity index (χ3v) is 5.66. The van der Waals surface area contributed by atoms with E-state index in [-0.39, 0.29) is 18.4 Å². The second-order valence-electron chi connectivity index (χ2n) is 6.80. The Morgan fingerprint density at radius 3 is 2.81 bits per heavy atom. The van der Waals surface area contributed by atoms with Gasteiger partial charge in [0, 0.05) is 31.6 Å². The molecule has 0 aromatic heterocycles. The zero-order chi connectivity index (χ0) is 19.5. The summed E-state index contributed by atoms with van der Waals surface area (Å²) in [6.07, 6.45) is 7.02. The van der Waals surface area contributed by atoms with Crippen LogP contribution in [-0.4, -0.2) is 57.2 Å². The number of piperidine rings is 1. The quantitative estimate of drug-likeness (QED) is 0.448. The summed E-state index contributed by atoms with van der Waals surface area (Å²) >= 11 is 1.69. The fraction of sp³-hybridized carbons (Fsp3) is 0.524. The lowest BCUT2D eigenvalue weighted by atomic mass is 10.00. The number of aliphatic carboxylic acids is 1. The Kier molecular flexibility index (Phi) is 9.42. The molecule has 1 aromatic carbocycles. The van der Waals surface area contributed by atoms with Gasteiger partial charge in [-0.05, 0) is 30.6 Å². The van der Waals surface area contributed by atoms with Crippen molar-refractivity contribution >= 4 is 23.6 Å². The van der Waals surface area contributed by atoms with E-state index in [0.717, 1.165) is 29.9 Å². The molecule has 2 atom stereocenters. The standard InChI is InChI=1S/C21H29NO4S/c23-19(16-17-6-2-1-3-7-17)12-11-18-8-4-9-20(24)22(18)13-15-27-14-5-10-21(25)26/h1-3,6-7,11-12,18-19,23H,4-5,8-10,13-16H2,(H,25,26). The fourth-order valence-electron chi connectivity index (χ4n) is 3.21. The van der Waals surface area contributed by atoms with Gasteiger partial charge in [-0.15, -0.1) is 0 Å². The van der Waals surface area contributed by atoms with Crippen LogP contribution < -0.4 is 0 Å². The maximum atomic E-state index is 12.3. The molecular weight excluding hydrogens is 362 g/mol. The number of aliphatic hydroxyl groups is 1. The third kappa shape index (κ3) is 8.18. The zero-order valence-corrected chi connectivity index (χ0v) is 16.4. The lowest BCUT2D eigenvalue weighted by Gasteiger charge is -2.34. The number of nitrogens with zero attached hydrogens (tertiary/aromatic N) is 1. The van der Waals surface area contributed by atoms with Crippen molar-refractivity contribution in [2.24, 2.45) is 0 Å². The molecule has 148 valence electrons. The van der Waals surface area contributed by atoms with E-state index in [9.17, 15) is 14.7 Å². The van der Waals surface area contributed by atoms with Crippen molar-refractivity contribution < 1.29 is 19.8 Å². The predicted octanol–water partition coefficient (Wildman–Crippen LogP) is 3.13. The minimum Gasteiger partial charge on any atom is -0.481 e. The number of hydrogen-bond acceptors (Lipinski definition) is 4. The normalized spacial score (nSPS) is 18.8. The molecule has 0 radical (unpaired) electrons. The van der Waals surface area contributed by atoms with Crippen molar-refractivity contribution in [3.8, 4) is 0 Å². The van der Waals surface area contributed by atoms with Gasteiger partial charge < -0.3 is 15.1 Å². The van der Waals surface area contributed by atoms with E-state index in [4.69, 9.17) is 5.11 Å². The monoisotopic (exact) mass is 391 g/mol. The maximum Gasteiger partial charge on any atom is 0.303 e. The lowest BCUT2D eigenvalue weighted by Crippen LogP contribution is -2.43. The number of likely N-dealkylation sites (tertiary alicyclic amines) is 1. The molecule has 5 nitrogen and oxygen atoms in total. The molecule has 0 aliphatic carbocycles. The molecule has 0 spiro atoms. The van der Waals surface area contributed by atoms with Crippen LogP contribution in [0.2, 0.25) is 0 Å². The molecule has 1 fully saturated rings. The molecule has 1 amide bonds. The highest BCUT2D eigenvalue weighted by molar-refractivity contribution is 7.99. The summed E-state index contributed by atoms with van der Waals surface area (Å²) in [5.41, 5.74) is 1.09. The second-order valence-corrected chi connectivity index (χ2v) is 8.02. The van der Waals surface area contributed by atoms with E-state index < -0.39 is 12.1 Å². The first-order valence-corrected chi connectivity index (χ1v) is 10.7. The SMILES string of the molecule is O=C(O)CCCSCCN1C(=O)CCCC1C=CC(O)Cc1ccccc1. The summed E-state index contributed by atoms with van der Waals surface area (Å²) in [6.45, 7) is 0.667. The minimum atomic E-state index is -0.763. The lowest BCUT2D eigenvalue weighted by molar-refractivity contribution is -0.137. The molecule has 0 bridgehead atoms. The summed E-state index contributed by atoms with van der Waals surface area (Å²) in [7, 11) is 0. The van der Waals surface area contributed by atoms with Crippen LogP contribution in [0.15, 0.2) is 42.5 Å². The number of hydrogen-bond donors (Lipinski definition) is 2. The maximum absolute atomic E-state index is 12.3. The Balaban J connectivity index is 1.79. The molecule has 0 saturated carbocycles. The number of benzene rings is 1. The molecule has 27 heavy (non-hydrogen) atoms. The number of carbonyl (C=O) groups excluding carboxylic acids is 1. The number of carboxylic acids is 1. The average Bonchev–Trinajstić information content (AvgIpc) is 2.65. The van der Waals surface area contributed by atoms with Crippen LogP contribution in [0, 0.1) is 0 Å². The van der Waals surface area contributed by atoms with E-state index in [1.807, 2.05) is 47.4 Å². The molecule has 2 N–H and O–H groups in total. The molecule has 2 rings (SSSR count). The smallest absolute Gasteiger partial charge is 0.303 e. The Bertz CT molecular complexity index is 620. The molecule has 1 aromatic rings. The number of rotatable bonds is 11. The first kappa shape index (κ1) is 21.5. The average molecular weight is 392 g/mol. The summed E-state index contributed by atoms with van der Waals surface area (Å²) in [6, 6.07) is 9.90. The van der Waals surface area contributed by atoms with Gasteiger partial charge in [-0.2, -0.15) is 11.8 Å². The molecule has 1 heterocycles. The van der Waals surface area contributed by atoms with Crippen molar-refractivity contribution in [3.05, 3.63) is 48.0 Å². The molecule has 1 aliphatic heterocycles. The van der Waals surface area contributed by atoms with Crippen LogP contribution >= 0.6 is 11.8 Å². The van der Waals surface area contributed by atoms with Gasteiger partial charge in [0.05, 0.1) is 12.1 Å². The highest BCUT2D eigenvalue weighted by atomic mass is 32.2. The van der Waals surface area contributed by atoms with Gasteiger partial charge in [0.2, 0.25) is 5.91 Å². The Morgan fingerprint density at radius 2 is 2.07 bits per heavy atom. The molecule has 2 unspecified atom stereocenters. The Hall–Kier alpha value is -1.79. The Labute approximate surface area is 165 Å². The van der Waals surface area contributed by atoms with E-state index in [1.165, 1.54) is 0 Å².